The lowest BCUT2D eigenvalue weighted by atomic mass is 10.1. The van der Waals surface area contributed by atoms with E-state index in [9.17, 15) is 14.3 Å². The number of carbonyl (C=O) groups is 1. The van der Waals surface area contributed by atoms with Crippen LogP contribution >= 0.6 is 0 Å². The van der Waals surface area contributed by atoms with E-state index in [1.165, 1.54) is 6.07 Å². The smallest absolute Gasteiger partial charge is 0.224 e. The van der Waals surface area contributed by atoms with Gasteiger partial charge in [0.15, 0.2) is 0 Å². The van der Waals surface area contributed by atoms with Crippen LogP contribution in [0.2, 0.25) is 0 Å². The van der Waals surface area contributed by atoms with Crippen LogP contribution < -0.4 is 5.32 Å². The van der Waals surface area contributed by atoms with E-state index in [1.807, 2.05) is 6.92 Å². The number of aliphatic hydroxyl groups is 1. The molecule has 1 amide bonds. The van der Waals surface area contributed by atoms with Gasteiger partial charge in [-0.05, 0) is 24.5 Å². The van der Waals surface area contributed by atoms with Crippen LogP contribution in [-0.4, -0.2) is 23.7 Å². The number of benzene rings is 1. The fourth-order valence-corrected chi connectivity index (χ4v) is 1.46. The number of nitrogens with one attached hydrogen (secondary N) is 1. The highest BCUT2D eigenvalue weighted by Crippen LogP contribution is 2.06. The van der Waals surface area contributed by atoms with Crippen molar-refractivity contribution in [1.82, 2.24) is 5.32 Å². The van der Waals surface area contributed by atoms with Crippen molar-refractivity contribution >= 4 is 5.91 Å². The van der Waals surface area contributed by atoms with Gasteiger partial charge in [-0.25, -0.2) is 4.39 Å². The van der Waals surface area contributed by atoms with Crippen LogP contribution in [0.3, 0.4) is 0 Å². The van der Waals surface area contributed by atoms with E-state index in [2.05, 4.69) is 5.32 Å². The average molecular weight is 239 g/mol. The van der Waals surface area contributed by atoms with E-state index in [1.54, 1.807) is 18.2 Å². The molecule has 0 aliphatic heterocycles. The van der Waals surface area contributed by atoms with Crippen molar-refractivity contribution in [3.05, 3.63) is 35.6 Å². The molecule has 1 atom stereocenters. The first-order valence-corrected chi connectivity index (χ1v) is 5.81. The minimum atomic E-state index is -0.385. The lowest BCUT2D eigenvalue weighted by Gasteiger charge is -2.09. The highest BCUT2D eigenvalue weighted by atomic mass is 19.1. The first-order valence-electron chi connectivity index (χ1n) is 5.81. The summed E-state index contributed by atoms with van der Waals surface area (Å²) in [5, 5.41) is 12.0. The molecule has 1 unspecified atom stereocenters. The maximum absolute atomic E-state index is 13.2. The molecule has 0 saturated heterocycles. The predicted molar refractivity (Wildman–Crippen MR) is 64.0 cm³/mol. The zero-order valence-electron chi connectivity index (χ0n) is 9.95. The Hall–Kier alpha value is -1.42. The van der Waals surface area contributed by atoms with Gasteiger partial charge in [-0.3, -0.25) is 4.79 Å². The van der Waals surface area contributed by atoms with Gasteiger partial charge in [-0.2, -0.15) is 0 Å². The van der Waals surface area contributed by atoms with Crippen molar-refractivity contribution in [2.45, 2.75) is 32.3 Å². The molecule has 17 heavy (non-hydrogen) atoms. The molecule has 0 aromatic heterocycles. The molecule has 0 fully saturated rings. The summed E-state index contributed by atoms with van der Waals surface area (Å²) in [6.07, 6.45) is 0.848. The number of hydrogen-bond donors (Lipinski definition) is 2. The number of aliphatic hydroxyl groups excluding tert-OH is 1. The summed E-state index contributed by atoms with van der Waals surface area (Å²) in [5.41, 5.74) is 0.390. The van der Waals surface area contributed by atoms with Crippen LogP contribution in [0.4, 0.5) is 4.39 Å². The zero-order valence-corrected chi connectivity index (χ0v) is 9.95. The second-order valence-corrected chi connectivity index (χ2v) is 3.97. The van der Waals surface area contributed by atoms with Gasteiger partial charge in [0.25, 0.3) is 0 Å². The standard InChI is InChI=1S/C13H18FNO2/c1-2-11(16)7-8-15-13(17)9-10-5-3-4-6-12(10)14/h3-6,11,16H,2,7-9H2,1H3,(H,15,17). The quantitative estimate of drug-likeness (QED) is 0.793. The first-order chi connectivity index (χ1) is 8.13. The van der Waals surface area contributed by atoms with E-state index < -0.39 is 0 Å². The van der Waals surface area contributed by atoms with Crippen molar-refractivity contribution in [2.75, 3.05) is 6.54 Å². The lowest BCUT2D eigenvalue weighted by molar-refractivity contribution is -0.120. The van der Waals surface area contributed by atoms with Crippen molar-refractivity contribution in [1.29, 1.82) is 0 Å². The zero-order chi connectivity index (χ0) is 12.7. The minimum absolute atomic E-state index is 0.0366. The van der Waals surface area contributed by atoms with Crippen LogP contribution in [0.15, 0.2) is 24.3 Å². The van der Waals surface area contributed by atoms with E-state index in [0.717, 1.165) is 0 Å². The molecule has 0 spiro atoms. The second-order valence-electron chi connectivity index (χ2n) is 3.97. The van der Waals surface area contributed by atoms with Gasteiger partial charge in [0.2, 0.25) is 5.91 Å². The topological polar surface area (TPSA) is 49.3 Å². The minimum Gasteiger partial charge on any atom is -0.393 e. The highest BCUT2D eigenvalue weighted by molar-refractivity contribution is 5.78. The van der Waals surface area contributed by atoms with Crippen molar-refractivity contribution in [2.24, 2.45) is 0 Å². The fourth-order valence-electron chi connectivity index (χ4n) is 1.46. The Labute approximate surface area is 101 Å². The van der Waals surface area contributed by atoms with Gasteiger partial charge in [0.1, 0.15) is 5.82 Å². The summed E-state index contributed by atoms with van der Waals surface area (Å²) in [4.78, 5) is 11.5. The molecule has 1 aromatic carbocycles. The number of hydrogen-bond acceptors (Lipinski definition) is 2. The first kappa shape index (κ1) is 13.6. The Balaban J connectivity index is 2.33. The lowest BCUT2D eigenvalue weighted by Crippen LogP contribution is -2.28. The molecule has 2 N–H and O–H groups in total. The van der Waals surface area contributed by atoms with Gasteiger partial charge in [-0.1, -0.05) is 25.1 Å². The third kappa shape index (κ3) is 4.95. The molecular weight excluding hydrogens is 221 g/mol. The van der Waals surface area contributed by atoms with Gasteiger partial charge < -0.3 is 10.4 Å². The third-order valence-electron chi connectivity index (χ3n) is 2.58. The molecule has 94 valence electrons. The van der Waals surface area contributed by atoms with Gasteiger partial charge >= 0.3 is 0 Å². The highest BCUT2D eigenvalue weighted by Gasteiger charge is 2.07. The summed E-state index contributed by atoms with van der Waals surface area (Å²) in [6.45, 7) is 2.30. The van der Waals surface area contributed by atoms with Gasteiger partial charge in [-0.15, -0.1) is 0 Å². The SMILES string of the molecule is CCC(O)CCNC(=O)Cc1ccccc1F. The molecule has 0 aliphatic carbocycles. The summed E-state index contributed by atoms with van der Waals surface area (Å²) in [6, 6.07) is 6.22. The normalized spacial score (nSPS) is 12.2. The third-order valence-corrected chi connectivity index (χ3v) is 2.58. The average Bonchev–Trinajstić information content (AvgIpc) is 2.32. The van der Waals surface area contributed by atoms with Crippen LogP contribution in [0, 0.1) is 5.82 Å². The predicted octanol–water partition coefficient (Wildman–Crippen LogP) is 1.65. The Morgan fingerprint density at radius 2 is 2.18 bits per heavy atom. The molecule has 3 nitrogen and oxygen atoms in total. The van der Waals surface area contributed by atoms with Crippen LogP contribution in [0.1, 0.15) is 25.3 Å². The molecule has 0 aliphatic rings. The van der Waals surface area contributed by atoms with E-state index in [4.69, 9.17) is 0 Å². The van der Waals surface area contributed by atoms with Crippen molar-refractivity contribution in [3.63, 3.8) is 0 Å². The molecule has 0 heterocycles. The molecule has 0 bridgehead atoms. The monoisotopic (exact) mass is 239 g/mol. The maximum atomic E-state index is 13.2. The Morgan fingerprint density at radius 3 is 2.82 bits per heavy atom. The molecule has 4 heteroatoms. The molecular formula is C13H18FNO2. The van der Waals surface area contributed by atoms with Gasteiger partial charge in [0, 0.05) is 6.54 Å². The van der Waals surface area contributed by atoms with E-state index in [0.29, 0.717) is 24.9 Å². The largest absolute Gasteiger partial charge is 0.393 e. The Bertz CT molecular complexity index is 368. The van der Waals surface area contributed by atoms with Crippen LogP contribution in [0.5, 0.6) is 0 Å². The van der Waals surface area contributed by atoms with E-state index in [-0.39, 0.29) is 24.2 Å². The molecule has 1 rings (SSSR count). The number of halogens is 1. The fraction of sp³-hybridized carbons (Fsp3) is 0.462. The second kappa shape index (κ2) is 7.01. The molecule has 0 saturated carbocycles. The summed E-state index contributed by atoms with van der Waals surface area (Å²) < 4.78 is 13.2. The number of rotatable bonds is 6. The van der Waals surface area contributed by atoms with Crippen LogP contribution in [0.25, 0.3) is 0 Å². The van der Waals surface area contributed by atoms with Crippen LogP contribution in [-0.2, 0) is 11.2 Å². The van der Waals surface area contributed by atoms with Crippen molar-refractivity contribution in [3.8, 4) is 0 Å². The molecule has 1 aromatic rings. The summed E-state index contributed by atoms with van der Waals surface area (Å²) in [7, 11) is 0. The summed E-state index contributed by atoms with van der Waals surface area (Å²) >= 11 is 0. The Kier molecular flexibility index (Phi) is 5.63. The van der Waals surface area contributed by atoms with E-state index >= 15 is 0 Å². The maximum Gasteiger partial charge on any atom is 0.224 e. The molecule has 0 radical (unpaired) electrons. The summed E-state index contributed by atoms with van der Waals surface area (Å²) in [5.74, 6) is -0.588. The van der Waals surface area contributed by atoms with Gasteiger partial charge in [0.05, 0.1) is 12.5 Å². The number of carbonyl (C=O) groups excluding carboxylic acids is 1. The van der Waals surface area contributed by atoms with Crippen molar-refractivity contribution < 1.29 is 14.3 Å². The number of amides is 1. The Morgan fingerprint density at radius 1 is 1.47 bits per heavy atom.